The van der Waals surface area contributed by atoms with E-state index in [9.17, 15) is 4.21 Å². The van der Waals surface area contributed by atoms with Crippen LogP contribution in [0.4, 0.5) is 17.3 Å². The quantitative estimate of drug-likeness (QED) is 0.811. The molecule has 2 fully saturated rings. The molecule has 2 aliphatic rings. The lowest BCUT2D eigenvalue weighted by Crippen LogP contribution is -2.44. The number of nitrogen functional groups attached to an aromatic ring is 1. The van der Waals surface area contributed by atoms with Gasteiger partial charge in [0.2, 0.25) is 0 Å². The van der Waals surface area contributed by atoms with Crippen LogP contribution >= 0.6 is 0 Å². The molecule has 1 saturated carbocycles. The third-order valence-electron chi connectivity index (χ3n) is 4.92. The number of hydrogen-bond acceptors (Lipinski definition) is 7. The molecule has 1 unspecified atom stereocenters. The van der Waals surface area contributed by atoms with E-state index in [2.05, 4.69) is 21.2 Å². The first kappa shape index (κ1) is 18.2. The van der Waals surface area contributed by atoms with Crippen LogP contribution in [-0.4, -0.2) is 51.5 Å². The second-order valence-electron chi connectivity index (χ2n) is 7.30. The number of morpholine rings is 1. The highest BCUT2D eigenvalue weighted by atomic mass is 32.2. The summed E-state index contributed by atoms with van der Waals surface area (Å²) < 4.78 is 23.0. The Morgan fingerprint density at radius 2 is 2.11 bits per heavy atom. The van der Waals surface area contributed by atoms with Gasteiger partial charge < -0.3 is 15.4 Å². The Balaban J connectivity index is 1.82. The Morgan fingerprint density at radius 3 is 2.81 bits per heavy atom. The highest BCUT2D eigenvalue weighted by Crippen LogP contribution is 2.33. The molecule has 27 heavy (non-hydrogen) atoms. The highest BCUT2D eigenvalue weighted by Gasteiger charge is 2.31. The summed E-state index contributed by atoms with van der Waals surface area (Å²) in [7, 11) is -2.29. The summed E-state index contributed by atoms with van der Waals surface area (Å²) >= 11 is 0. The van der Waals surface area contributed by atoms with Crippen LogP contribution in [0.1, 0.15) is 19.8 Å². The van der Waals surface area contributed by atoms with Gasteiger partial charge in [-0.05, 0) is 31.9 Å². The van der Waals surface area contributed by atoms with Crippen LogP contribution in [-0.2, 0) is 14.5 Å². The number of aromatic nitrogens is 2. The van der Waals surface area contributed by atoms with Gasteiger partial charge in [-0.15, -0.1) is 0 Å². The lowest BCUT2D eigenvalue weighted by Gasteiger charge is -2.34. The van der Waals surface area contributed by atoms with E-state index in [1.807, 2.05) is 30.3 Å². The molecule has 1 aromatic carbocycles. The van der Waals surface area contributed by atoms with Crippen LogP contribution in [0.3, 0.4) is 0 Å². The molecule has 0 amide bonds. The van der Waals surface area contributed by atoms with Gasteiger partial charge in [-0.1, -0.05) is 12.1 Å². The monoisotopic (exact) mass is 387 g/mol. The first-order chi connectivity index (χ1) is 12.9. The van der Waals surface area contributed by atoms with Gasteiger partial charge in [0.1, 0.15) is 5.82 Å². The average molecular weight is 388 g/mol. The fourth-order valence-electron chi connectivity index (χ4n) is 3.26. The lowest BCUT2D eigenvalue weighted by molar-refractivity contribution is 0.0985. The normalized spacial score (nSPS) is 22.3. The Bertz CT molecular complexity index is 966. The minimum Gasteiger partial charge on any atom is -0.399 e. The van der Waals surface area contributed by atoms with Crippen LogP contribution in [0.25, 0.3) is 11.4 Å². The largest absolute Gasteiger partial charge is 0.399 e. The van der Waals surface area contributed by atoms with Crippen molar-refractivity contribution in [2.75, 3.05) is 36.6 Å². The first-order valence-electron chi connectivity index (χ1n) is 9.23. The van der Waals surface area contributed by atoms with E-state index in [1.54, 1.807) is 6.26 Å². The maximum atomic E-state index is 12.9. The van der Waals surface area contributed by atoms with E-state index in [0.717, 1.165) is 30.8 Å². The molecule has 8 heteroatoms. The van der Waals surface area contributed by atoms with Crippen molar-refractivity contribution in [3.8, 4) is 11.4 Å². The molecule has 2 atom stereocenters. The molecule has 1 aromatic heterocycles. The van der Waals surface area contributed by atoms with Crippen molar-refractivity contribution in [3.05, 3.63) is 30.3 Å². The van der Waals surface area contributed by atoms with E-state index in [4.69, 9.17) is 15.5 Å². The molecule has 2 aromatic rings. The van der Waals surface area contributed by atoms with Crippen molar-refractivity contribution in [2.45, 2.75) is 31.1 Å². The Hall–Kier alpha value is -2.19. The zero-order valence-electron chi connectivity index (χ0n) is 15.7. The average Bonchev–Trinajstić information content (AvgIpc) is 3.47. The molecular weight excluding hydrogens is 362 g/mol. The van der Waals surface area contributed by atoms with Crippen molar-refractivity contribution in [2.24, 2.45) is 4.36 Å². The number of nitrogens with zero attached hydrogens (tertiary/aromatic N) is 4. The summed E-state index contributed by atoms with van der Waals surface area (Å²) in [5, 5.41) is 0.175. The highest BCUT2D eigenvalue weighted by molar-refractivity contribution is 7.93. The van der Waals surface area contributed by atoms with Gasteiger partial charge >= 0.3 is 0 Å². The third kappa shape index (κ3) is 4.06. The smallest absolute Gasteiger partial charge is 0.167 e. The van der Waals surface area contributed by atoms with Gasteiger partial charge in [-0.3, -0.25) is 0 Å². The number of nitrogens with two attached hydrogens (primary N) is 1. The Kier molecular flexibility index (Phi) is 4.77. The molecule has 1 aliphatic heterocycles. The maximum absolute atomic E-state index is 12.9. The SMILES string of the molecule is C[C@@H]1COCCN1c1cc(N=S(C)(=O)C2CC2)nc(-c2cccc(N)c2)n1. The number of rotatable bonds is 4. The molecule has 0 bridgehead atoms. The standard InChI is InChI=1S/C19H25N5O2S/c1-13-12-26-9-8-24(13)18-11-17(23-27(2,25)16-6-7-16)21-19(22-18)14-4-3-5-15(20)10-14/h3-5,10-11,13,16H,6-9,12,20H2,1-2H3/t13-,27?/m1/s1. The van der Waals surface area contributed by atoms with E-state index < -0.39 is 9.73 Å². The van der Waals surface area contributed by atoms with Crippen molar-refractivity contribution >= 4 is 27.1 Å². The number of ether oxygens (including phenoxy) is 1. The summed E-state index contributed by atoms with van der Waals surface area (Å²) in [6.45, 7) is 4.15. The predicted octanol–water partition coefficient (Wildman–Crippen LogP) is 2.84. The van der Waals surface area contributed by atoms with Crippen LogP contribution in [0.15, 0.2) is 34.7 Å². The molecule has 0 spiro atoms. The van der Waals surface area contributed by atoms with Gasteiger partial charge in [0, 0.05) is 35.4 Å². The summed E-state index contributed by atoms with van der Waals surface area (Å²) in [5.74, 6) is 1.79. The van der Waals surface area contributed by atoms with Gasteiger partial charge in [0.25, 0.3) is 0 Å². The second kappa shape index (κ2) is 7.09. The van der Waals surface area contributed by atoms with Crippen LogP contribution < -0.4 is 10.6 Å². The summed E-state index contributed by atoms with van der Waals surface area (Å²) in [5.41, 5.74) is 7.41. The van der Waals surface area contributed by atoms with Crippen LogP contribution in [0, 0.1) is 0 Å². The predicted molar refractivity (Wildman–Crippen MR) is 109 cm³/mol. The third-order valence-corrected chi connectivity index (χ3v) is 7.18. The van der Waals surface area contributed by atoms with Crippen molar-refractivity contribution in [1.29, 1.82) is 0 Å². The second-order valence-corrected chi connectivity index (χ2v) is 9.87. The lowest BCUT2D eigenvalue weighted by atomic mass is 10.2. The number of anilines is 2. The Labute approximate surface area is 160 Å². The van der Waals surface area contributed by atoms with Gasteiger partial charge in [0.05, 0.1) is 29.0 Å². The molecule has 1 aliphatic carbocycles. The van der Waals surface area contributed by atoms with Crippen molar-refractivity contribution in [3.63, 3.8) is 0 Å². The molecule has 4 rings (SSSR count). The van der Waals surface area contributed by atoms with E-state index in [-0.39, 0.29) is 11.3 Å². The maximum Gasteiger partial charge on any atom is 0.167 e. The van der Waals surface area contributed by atoms with E-state index in [0.29, 0.717) is 30.5 Å². The summed E-state index contributed by atoms with van der Waals surface area (Å²) in [6.07, 6.45) is 3.67. The van der Waals surface area contributed by atoms with E-state index in [1.165, 1.54) is 0 Å². The number of hydrogen-bond donors (Lipinski definition) is 1. The summed E-state index contributed by atoms with van der Waals surface area (Å²) in [6, 6.07) is 9.51. The Morgan fingerprint density at radius 1 is 1.30 bits per heavy atom. The van der Waals surface area contributed by atoms with Gasteiger partial charge in [-0.2, -0.15) is 4.36 Å². The molecule has 144 valence electrons. The zero-order chi connectivity index (χ0) is 19.0. The molecule has 1 saturated heterocycles. The summed E-state index contributed by atoms with van der Waals surface area (Å²) in [4.78, 5) is 11.5. The van der Waals surface area contributed by atoms with Gasteiger partial charge in [0.15, 0.2) is 11.6 Å². The first-order valence-corrected chi connectivity index (χ1v) is 11.2. The molecule has 0 radical (unpaired) electrons. The van der Waals surface area contributed by atoms with Crippen molar-refractivity contribution in [1.82, 2.24) is 9.97 Å². The molecule has 2 heterocycles. The molecular formula is C19H25N5O2S. The molecule has 2 N–H and O–H groups in total. The minimum atomic E-state index is -2.29. The minimum absolute atomic E-state index is 0.175. The van der Waals surface area contributed by atoms with Crippen molar-refractivity contribution < 1.29 is 8.95 Å². The fraction of sp³-hybridized carbons (Fsp3) is 0.474. The van der Waals surface area contributed by atoms with Crippen LogP contribution in [0.5, 0.6) is 0 Å². The molecule has 7 nitrogen and oxygen atoms in total. The van der Waals surface area contributed by atoms with Crippen LogP contribution in [0.2, 0.25) is 0 Å². The fourth-order valence-corrected chi connectivity index (χ4v) is 4.88. The topological polar surface area (TPSA) is 93.7 Å². The zero-order valence-corrected chi connectivity index (χ0v) is 16.5. The van der Waals surface area contributed by atoms with Gasteiger partial charge in [-0.25, -0.2) is 14.2 Å². The number of benzene rings is 1. The van der Waals surface area contributed by atoms with E-state index >= 15 is 0 Å².